The van der Waals surface area contributed by atoms with E-state index in [1.807, 2.05) is 0 Å². The van der Waals surface area contributed by atoms with E-state index >= 15 is 0 Å². The molecule has 0 spiro atoms. The van der Waals surface area contributed by atoms with Gasteiger partial charge in [-0.25, -0.2) is 0 Å². The zero-order valence-corrected chi connectivity index (χ0v) is 17.7. The number of hydrogen-bond acceptors (Lipinski definition) is 3. The van der Waals surface area contributed by atoms with Crippen LogP contribution < -0.4 is 5.32 Å². The van der Waals surface area contributed by atoms with E-state index in [0.717, 1.165) is 32.1 Å². The third-order valence-corrected chi connectivity index (χ3v) is 7.62. The molecule has 1 rings (SSSR count). The van der Waals surface area contributed by atoms with Gasteiger partial charge in [-0.3, -0.25) is 0 Å². The summed E-state index contributed by atoms with van der Waals surface area (Å²) in [5.74, 6) is 0.698. The summed E-state index contributed by atoms with van der Waals surface area (Å²) in [5, 5.41) is 12.7. The Bertz CT molecular complexity index is 413. The molecule has 0 aromatic rings. The summed E-state index contributed by atoms with van der Waals surface area (Å²) in [5.41, 5.74) is 0. The average molecular weight is 409 g/mol. The van der Waals surface area contributed by atoms with E-state index in [1.54, 1.807) is 0 Å². The predicted molar refractivity (Wildman–Crippen MR) is 96.9 cm³/mol. The van der Waals surface area contributed by atoms with Gasteiger partial charge in [-0.1, -0.05) is 0 Å². The van der Waals surface area contributed by atoms with Gasteiger partial charge in [0, 0.05) is 0 Å². The fourth-order valence-electron chi connectivity index (χ4n) is 3.21. The first kappa shape index (κ1) is 21.2. The van der Waals surface area contributed by atoms with Crippen LogP contribution in [0.3, 0.4) is 0 Å². The van der Waals surface area contributed by atoms with E-state index in [9.17, 15) is 19.4 Å². The average Bonchev–Trinajstić information content (AvgIpc) is 2.43. The van der Waals surface area contributed by atoms with Crippen LogP contribution in [0.2, 0.25) is 4.71 Å². The van der Waals surface area contributed by atoms with Crippen LogP contribution in [0.25, 0.3) is 0 Å². The van der Waals surface area contributed by atoms with Gasteiger partial charge < -0.3 is 0 Å². The fraction of sp³-hybridized carbons (Fsp3) is 0.938. The normalized spacial score (nSPS) is 21.7. The summed E-state index contributed by atoms with van der Waals surface area (Å²) < 4.78 is 12.3. The molecule has 0 aromatic heterocycles. The van der Waals surface area contributed by atoms with Crippen LogP contribution in [0.5, 0.6) is 0 Å². The number of carbonyl (C=O) groups excluding carboxylic acids is 1. The van der Waals surface area contributed by atoms with E-state index in [4.69, 9.17) is 0 Å². The molecule has 0 radical (unpaired) electrons. The van der Waals surface area contributed by atoms with Crippen LogP contribution in [-0.2, 0) is 9.36 Å². The number of rotatable bonds is 9. The Hall–Kier alpha value is 0.178. The molecule has 1 amide bonds. The van der Waals surface area contributed by atoms with Crippen LogP contribution in [0.4, 0.5) is 0 Å². The SMILES string of the molecule is CC(C)C[C@H]([AsH2])C(=O)NC[C@H](O)CP(=O)(O)CC1CCCCC1. The van der Waals surface area contributed by atoms with E-state index in [2.05, 4.69) is 19.2 Å². The molecule has 136 valence electrons. The standard InChI is InChI=1S/C16H33AsNO4P/c1-12(2)8-15(17)16(20)18-9-14(19)11-23(21,22)10-13-6-4-3-5-7-13/h12-15,19H,3-11,17H2,1-2H3,(H,18,20)(H,21,22)/t14-,15-/m0/s1. The molecule has 0 saturated heterocycles. The van der Waals surface area contributed by atoms with Crippen molar-refractivity contribution in [2.75, 3.05) is 18.9 Å². The third-order valence-electron chi connectivity index (χ3n) is 4.34. The Balaban J connectivity index is 2.32. The van der Waals surface area contributed by atoms with Crippen molar-refractivity contribution >= 4 is 30.1 Å². The molecule has 0 aliphatic heterocycles. The molecule has 5 nitrogen and oxygen atoms in total. The van der Waals surface area contributed by atoms with Crippen molar-refractivity contribution in [1.29, 1.82) is 0 Å². The number of carbonyl (C=O) groups is 1. The van der Waals surface area contributed by atoms with Gasteiger partial charge in [-0.05, 0) is 0 Å². The summed E-state index contributed by atoms with van der Waals surface area (Å²) in [6, 6.07) is 0. The Labute approximate surface area is 149 Å². The molecule has 3 N–H and O–H groups in total. The number of aliphatic hydroxyl groups excluding tert-OH is 1. The number of aliphatic hydroxyl groups is 1. The molecular weight excluding hydrogens is 376 g/mol. The molecule has 23 heavy (non-hydrogen) atoms. The van der Waals surface area contributed by atoms with Gasteiger partial charge in [-0.15, -0.1) is 0 Å². The van der Waals surface area contributed by atoms with Gasteiger partial charge in [0.05, 0.1) is 0 Å². The van der Waals surface area contributed by atoms with Crippen molar-refractivity contribution in [3.63, 3.8) is 0 Å². The monoisotopic (exact) mass is 409 g/mol. The van der Waals surface area contributed by atoms with E-state index in [0.29, 0.717) is 18.0 Å². The van der Waals surface area contributed by atoms with Crippen LogP contribution in [0.15, 0.2) is 0 Å². The summed E-state index contributed by atoms with van der Waals surface area (Å²) >= 11 is 1.38. The second-order valence-corrected chi connectivity index (χ2v) is 11.5. The first-order valence-corrected chi connectivity index (χ1v) is 12.1. The quantitative estimate of drug-likeness (QED) is 0.400. The summed E-state index contributed by atoms with van der Waals surface area (Å²) in [4.78, 5) is 22.0. The first-order valence-electron chi connectivity index (χ1n) is 8.72. The van der Waals surface area contributed by atoms with Crippen molar-refractivity contribution in [2.45, 2.75) is 63.2 Å². The van der Waals surface area contributed by atoms with Gasteiger partial charge >= 0.3 is 149 Å². The Morgan fingerprint density at radius 2 is 1.91 bits per heavy atom. The van der Waals surface area contributed by atoms with Gasteiger partial charge in [0.25, 0.3) is 0 Å². The minimum absolute atomic E-state index is 0.0436. The Morgan fingerprint density at radius 1 is 1.30 bits per heavy atom. The molecule has 7 heteroatoms. The number of amides is 1. The van der Waals surface area contributed by atoms with E-state index in [1.165, 1.54) is 23.3 Å². The van der Waals surface area contributed by atoms with Gasteiger partial charge in [0.15, 0.2) is 0 Å². The molecule has 0 heterocycles. The topological polar surface area (TPSA) is 86.6 Å². The fourth-order valence-corrected chi connectivity index (χ4v) is 6.70. The zero-order chi connectivity index (χ0) is 17.5. The third kappa shape index (κ3) is 9.29. The van der Waals surface area contributed by atoms with Gasteiger partial charge in [-0.2, -0.15) is 0 Å². The van der Waals surface area contributed by atoms with Crippen LogP contribution in [-0.4, -0.2) is 57.7 Å². The van der Waals surface area contributed by atoms with E-state index in [-0.39, 0.29) is 23.3 Å². The second kappa shape index (κ2) is 10.2. The van der Waals surface area contributed by atoms with Crippen molar-refractivity contribution < 1.29 is 19.4 Å². The molecule has 1 fully saturated rings. The maximum absolute atomic E-state index is 12.3. The summed E-state index contributed by atoms with van der Waals surface area (Å²) in [6.07, 6.45) is 5.60. The first-order chi connectivity index (χ1) is 10.7. The number of nitrogens with one attached hydrogen (secondary N) is 1. The van der Waals surface area contributed by atoms with Crippen LogP contribution in [0, 0.1) is 11.8 Å². The maximum atomic E-state index is 12.3. The van der Waals surface area contributed by atoms with Gasteiger partial charge in [0.2, 0.25) is 0 Å². The van der Waals surface area contributed by atoms with Crippen molar-refractivity contribution in [1.82, 2.24) is 5.32 Å². The van der Waals surface area contributed by atoms with Crippen molar-refractivity contribution in [3.8, 4) is 0 Å². The summed E-state index contributed by atoms with van der Waals surface area (Å²) in [6.45, 7) is 4.20. The summed E-state index contributed by atoms with van der Waals surface area (Å²) in [7, 11) is -3.32. The van der Waals surface area contributed by atoms with Crippen molar-refractivity contribution in [2.24, 2.45) is 11.8 Å². The van der Waals surface area contributed by atoms with Gasteiger partial charge in [0.1, 0.15) is 0 Å². The molecule has 1 saturated carbocycles. The minimum atomic E-state index is -3.32. The Kier molecular flexibility index (Phi) is 9.44. The molecule has 4 atom stereocenters. The van der Waals surface area contributed by atoms with Crippen molar-refractivity contribution in [3.05, 3.63) is 0 Å². The molecule has 0 bridgehead atoms. The molecule has 1 aliphatic carbocycles. The molecule has 1 aliphatic rings. The molecular formula is C16H33AsNO4P. The van der Waals surface area contributed by atoms with Crippen LogP contribution in [0.1, 0.15) is 52.4 Å². The van der Waals surface area contributed by atoms with E-state index < -0.39 is 13.5 Å². The van der Waals surface area contributed by atoms with Crippen LogP contribution >= 0.6 is 7.37 Å². The molecule has 0 aromatic carbocycles. The number of hydrogen-bond donors (Lipinski definition) is 3. The predicted octanol–water partition coefficient (Wildman–Crippen LogP) is 1.78. The Morgan fingerprint density at radius 3 is 2.48 bits per heavy atom. The zero-order valence-electron chi connectivity index (χ0n) is 14.4. The second-order valence-electron chi connectivity index (χ2n) is 7.35. The molecule has 2 unspecified atom stereocenters.